The lowest BCUT2D eigenvalue weighted by atomic mass is 9.90. The summed E-state index contributed by atoms with van der Waals surface area (Å²) in [5.41, 5.74) is 7.18. The van der Waals surface area contributed by atoms with Gasteiger partial charge >= 0.3 is 5.97 Å². The van der Waals surface area contributed by atoms with E-state index in [1.807, 2.05) is 121 Å². The summed E-state index contributed by atoms with van der Waals surface area (Å²) in [7, 11) is 0. The number of ether oxygens (including phenoxy) is 1. The number of aryl methyl sites for hydroxylation is 1. The first-order chi connectivity index (χ1) is 30.2. The number of amides is 2. The molecule has 3 heterocycles. The monoisotopic (exact) mass is 827 g/mol. The van der Waals surface area contributed by atoms with E-state index < -0.39 is 47.5 Å². The molecule has 2 aliphatic rings. The third-order valence-corrected chi connectivity index (χ3v) is 11.3. The van der Waals surface area contributed by atoms with E-state index in [0.717, 1.165) is 38.9 Å². The number of aromatic nitrogens is 1. The quantitative estimate of drug-likeness (QED) is 0.127. The molecule has 8 rings (SSSR count). The van der Waals surface area contributed by atoms with E-state index in [0.29, 0.717) is 17.7 Å². The first kappa shape index (κ1) is 42.9. The predicted molar refractivity (Wildman–Crippen MR) is 237 cm³/mol. The number of hydrogen-bond acceptors (Lipinski definition) is 7. The Balaban J connectivity index is 1.21. The minimum atomic E-state index is -1.15. The van der Waals surface area contributed by atoms with Crippen LogP contribution in [0.2, 0.25) is 0 Å². The van der Waals surface area contributed by atoms with Crippen LogP contribution >= 0.6 is 0 Å². The molecule has 0 aliphatic carbocycles. The molecule has 0 saturated carbocycles. The second-order valence-electron chi connectivity index (χ2n) is 15.8. The summed E-state index contributed by atoms with van der Waals surface area (Å²) in [6, 6.07) is 43.3. The van der Waals surface area contributed by atoms with Gasteiger partial charge in [-0.05, 0) is 94.5 Å². The molecule has 1 aromatic heterocycles. The third kappa shape index (κ3) is 12.0. The lowest BCUT2D eigenvalue weighted by molar-refractivity contribution is -0.144. The number of fused-ring (bicyclic) bond motifs is 16. The number of pyridine rings is 1. The Morgan fingerprint density at radius 1 is 0.581 bits per heavy atom. The molecule has 0 unspecified atom stereocenters. The predicted octanol–water partition coefficient (Wildman–Crippen LogP) is 7.67. The summed E-state index contributed by atoms with van der Waals surface area (Å²) in [6.45, 7) is -0.295. The van der Waals surface area contributed by atoms with Crippen LogP contribution in [-0.4, -0.2) is 58.1 Å². The molecule has 314 valence electrons. The van der Waals surface area contributed by atoms with Crippen molar-refractivity contribution in [3.05, 3.63) is 180 Å². The van der Waals surface area contributed by atoms with Gasteiger partial charge in [-0.15, -0.1) is 0 Å². The number of rotatable bonds is 10. The van der Waals surface area contributed by atoms with E-state index >= 15 is 0 Å². The van der Waals surface area contributed by atoms with Crippen LogP contribution in [0.25, 0.3) is 22.3 Å². The van der Waals surface area contributed by atoms with Gasteiger partial charge in [-0.3, -0.25) is 29.0 Å². The summed E-state index contributed by atoms with van der Waals surface area (Å²) >= 11 is 0. The van der Waals surface area contributed by atoms with Crippen molar-refractivity contribution in [2.45, 2.75) is 57.0 Å². The lowest BCUT2D eigenvalue weighted by Gasteiger charge is -2.26. The molecule has 10 heteroatoms. The fraction of sp³-hybridized carbons (Fsp3) is 0.231. The molecule has 0 spiro atoms. The van der Waals surface area contributed by atoms with Crippen LogP contribution in [-0.2, 0) is 49.7 Å². The van der Waals surface area contributed by atoms with Crippen molar-refractivity contribution >= 4 is 29.4 Å². The Kier molecular flexibility index (Phi) is 14.4. The lowest BCUT2D eigenvalue weighted by Crippen LogP contribution is -2.54. The van der Waals surface area contributed by atoms with E-state index in [4.69, 9.17) is 4.74 Å². The van der Waals surface area contributed by atoms with E-state index in [1.54, 1.807) is 36.7 Å². The fourth-order valence-electron chi connectivity index (χ4n) is 7.80. The first-order valence-corrected chi connectivity index (χ1v) is 20.9. The van der Waals surface area contributed by atoms with Crippen LogP contribution in [0.1, 0.15) is 41.5 Å². The largest absolute Gasteiger partial charge is 0.486 e. The minimum Gasteiger partial charge on any atom is -0.486 e. The van der Waals surface area contributed by atoms with Gasteiger partial charge in [0.25, 0.3) is 0 Å². The van der Waals surface area contributed by atoms with E-state index in [2.05, 4.69) is 15.6 Å². The summed E-state index contributed by atoms with van der Waals surface area (Å²) in [5, 5.41) is 16.2. The van der Waals surface area contributed by atoms with Crippen molar-refractivity contribution < 1.29 is 33.8 Å². The van der Waals surface area contributed by atoms with E-state index in [1.165, 1.54) is 0 Å². The maximum absolute atomic E-state index is 14.6. The summed E-state index contributed by atoms with van der Waals surface area (Å²) in [5.74, 6) is -4.48. The van der Waals surface area contributed by atoms with Gasteiger partial charge in [0.1, 0.15) is 18.4 Å². The van der Waals surface area contributed by atoms with Gasteiger partial charge in [-0.2, -0.15) is 0 Å². The Hall–Kier alpha value is -7.20. The zero-order chi connectivity index (χ0) is 43.3. The van der Waals surface area contributed by atoms with Crippen molar-refractivity contribution in [3.8, 4) is 28.0 Å². The third-order valence-electron chi connectivity index (χ3n) is 11.3. The Morgan fingerprint density at radius 2 is 1.15 bits per heavy atom. The van der Waals surface area contributed by atoms with Gasteiger partial charge in [-0.1, -0.05) is 121 Å². The van der Waals surface area contributed by atoms with Crippen molar-refractivity contribution in [1.82, 2.24) is 15.6 Å². The second kappa shape index (κ2) is 20.9. The first-order valence-electron chi connectivity index (χ1n) is 20.9. The Labute approximate surface area is 361 Å². The van der Waals surface area contributed by atoms with Gasteiger partial charge < -0.3 is 20.5 Å². The average Bonchev–Trinajstić information content (AvgIpc) is 3.30. The maximum Gasteiger partial charge on any atom is 0.307 e. The maximum atomic E-state index is 14.6. The zero-order valence-corrected chi connectivity index (χ0v) is 34.3. The molecule has 10 nitrogen and oxygen atoms in total. The number of carboxylic acids is 1. The molecule has 2 aliphatic heterocycles. The molecule has 4 atom stereocenters. The Morgan fingerprint density at radius 3 is 1.77 bits per heavy atom. The zero-order valence-electron chi connectivity index (χ0n) is 34.3. The van der Waals surface area contributed by atoms with Crippen LogP contribution in [0.5, 0.6) is 5.75 Å². The van der Waals surface area contributed by atoms with Crippen molar-refractivity contribution in [2.75, 3.05) is 6.61 Å². The van der Waals surface area contributed by atoms with Crippen LogP contribution in [0.3, 0.4) is 0 Å². The van der Waals surface area contributed by atoms with Crippen LogP contribution < -0.4 is 15.4 Å². The highest BCUT2D eigenvalue weighted by Gasteiger charge is 2.32. The van der Waals surface area contributed by atoms with E-state index in [9.17, 15) is 29.1 Å². The number of carbonyl (C=O) groups is 5. The molecule has 0 radical (unpaired) electrons. The van der Waals surface area contributed by atoms with Gasteiger partial charge in [0.15, 0.2) is 11.6 Å². The summed E-state index contributed by atoms with van der Waals surface area (Å²) in [6.07, 6.45) is 3.99. The fourth-order valence-corrected chi connectivity index (χ4v) is 7.80. The molecule has 2 amide bonds. The van der Waals surface area contributed by atoms with Crippen molar-refractivity contribution in [2.24, 2.45) is 11.8 Å². The highest BCUT2D eigenvalue weighted by molar-refractivity contribution is 5.95. The summed E-state index contributed by atoms with van der Waals surface area (Å²) in [4.78, 5) is 73.5. The number of hydrogen-bond donors (Lipinski definition) is 3. The van der Waals surface area contributed by atoms with Crippen molar-refractivity contribution in [1.29, 1.82) is 0 Å². The van der Waals surface area contributed by atoms with Crippen LogP contribution in [0.4, 0.5) is 0 Å². The smallest absolute Gasteiger partial charge is 0.307 e. The van der Waals surface area contributed by atoms with Crippen LogP contribution in [0, 0.1) is 11.8 Å². The average molecular weight is 828 g/mol. The number of nitrogens with zero attached hydrogens (tertiary/aromatic N) is 1. The molecule has 2 bridgehead atoms. The molecular formula is C52H49N3O7. The number of aliphatic carboxylic acids is 1. The number of benzene rings is 5. The second-order valence-corrected chi connectivity index (χ2v) is 15.8. The van der Waals surface area contributed by atoms with Gasteiger partial charge in [0.05, 0.1) is 12.0 Å². The highest BCUT2D eigenvalue weighted by Crippen LogP contribution is 2.24. The normalized spacial score (nSPS) is 19.0. The number of nitrogens with one attached hydrogen (secondary N) is 2. The van der Waals surface area contributed by atoms with Gasteiger partial charge in [0, 0.05) is 37.6 Å². The minimum absolute atomic E-state index is 0.0719. The topological polar surface area (TPSA) is 152 Å². The number of ketones is 2. The molecular weight excluding hydrogens is 779 g/mol. The SMILES string of the molecule is O=C1COc2ccc(cc2)C[C@@H](C(=O)O)CC(=O)[C@H](CCc2ccccc2)NC(=O)[C@@H](Cc2ccc(-c3ccccc3)cc2)NC(=O)[C@H](Cc2ccc(-c3ccncc3)cc2)C1. The molecule has 6 aromatic rings. The number of carboxylic acid groups (broad SMARTS) is 1. The number of carbonyl (C=O) groups excluding carboxylic acids is 4. The van der Waals surface area contributed by atoms with E-state index in [-0.39, 0.29) is 50.9 Å². The molecule has 0 saturated heterocycles. The van der Waals surface area contributed by atoms with Crippen LogP contribution in [0.15, 0.2) is 158 Å². The molecule has 0 fully saturated rings. The molecule has 3 N–H and O–H groups in total. The van der Waals surface area contributed by atoms with Gasteiger partial charge in [-0.25, -0.2) is 0 Å². The summed E-state index contributed by atoms with van der Waals surface area (Å²) < 4.78 is 5.84. The number of Topliss-reactive ketones (excluding diaryl/α,β-unsaturated/α-hetero) is 2. The molecule has 62 heavy (non-hydrogen) atoms. The van der Waals surface area contributed by atoms with Crippen molar-refractivity contribution in [3.63, 3.8) is 0 Å². The Bertz CT molecular complexity index is 2440. The highest BCUT2D eigenvalue weighted by atomic mass is 16.5. The molecule has 5 aromatic carbocycles. The van der Waals surface area contributed by atoms with Gasteiger partial charge in [0.2, 0.25) is 11.8 Å². The standard InChI is InChI=1S/C52H49N3O7/c56-45-32-43(29-36-11-18-41(19-12-36)42-25-27-53-28-26-42)50(58)55-48(31-38-13-20-40(21-14-38)39-9-5-2-6-10-39)51(59)54-47(24-17-35-7-3-1-4-8-35)49(57)33-44(52(60)61)30-37-15-22-46(23-16-37)62-34-45/h1-16,18-23,25-28,43-44,47-48H,17,24,29-34H2,(H,54,59)(H,55,58)(H,60,61)/t43-,44-,47+,48-/m1/s1.